The van der Waals surface area contributed by atoms with Crippen LogP contribution in [0.3, 0.4) is 0 Å². The molecule has 2 unspecified atom stereocenters. The maximum Gasteiger partial charge on any atom is 0.311 e. The minimum atomic E-state index is -0.211. The highest BCUT2D eigenvalue weighted by Crippen LogP contribution is 2.47. The molecule has 1 aliphatic rings. The second-order valence-corrected chi connectivity index (χ2v) is 9.35. The van der Waals surface area contributed by atoms with E-state index >= 15 is 0 Å². The van der Waals surface area contributed by atoms with Crippen molar-refractivity contribution in [3.8, 4) is 11.5 Å². The molecule has 0 radical (unpaired) electrons. The predicted octanol–water partition coefficient (Wildman–Crippen LogP) is 7.19. The third kappa shape index (κ3) is 7.13. The monoisotopic (exact) mass is 440 g/mol. The Hall–Kier alpha value is -2.27. The van der Waals surface area contributed by atoms with Crippen LogP contribution in [0.1, 0.15) is 86.8 Å². The second-order valence-electron chi connectivity index (χ2n) is 7.94. The first-order valence-corrected chi connectivity index (χ1v) is 12.3. The number of hydrogen-bond acceptors (Lipinski definition) is 5. The molecule has 1 aliphatic heterocycles. The van der Waals surface area contributed by atoms with E-state index in [-0.39, 0.29) is 11.9 Å². The summed E-state index contributed by atoms with van der Waals surface area (Å²) >= 11 is 2.01. The van der Waals surface area contributed by atoms with Gasteiger partial charge in [-0.05, 0) is 54.7 Å². The quantitative estimate of drug-likeness (QED) is 0.337. The highest BCUT2D eigenvalue weighted by Gasteiger charge is 2.22. The number of carbonyl (C=O) groups is 2. The van der Waals surface area contributed by atoms with Gasteiger partial charge in [-0.3, -0.25) is 9.59 Å². The van der Waals surface area contributed by atoms with Crippen LogP contribution in [0.15, 0.2) is 48.5 Å². The van der Waals surface area contributed by atoms with Crippen molar-refractivity contribution in [2.75, 3.05) is 0 Å². The van der Waals surface area contributed by atoms with Gasteiger partial charge < -0.3 is 9.47 Å². The first kappa shape index (κ1) is 23.4. The maximum absolute atomic E-state index is 11.7. The van der Waals surface area contributed by atoms with E-state index in [4.69, 9.17) is 9.47 Å². The van der Waals surface area contributed by atoms with Crippen molar-refractivity contribution in [2.45, 2.75) is 75.7 Å². The van der Waals surface area contributed by atoms with E-state index in [2.05, 4.69) is 24.3 Å². The van der Waals surface area contributed by atoms with Crippen LogP contribution < -0.4 is 9.47 Å². The lowest BCUT2D eigenvalue weighted by Gasteiger charge is -2.27. The van der Waals surface area contributed by atoms with Gasteiger partial charge in [-0.15, -0.1) is 11.8 Å². The normalized spacial score (nSPS) is 19.2. The molecule has 2 aromatic carbocycles. The molecule has 31 heavy (non-hydrogen) atoms. The van der Waals surface area contributed by atoms with E-state index in [1.807, 2.05) is 43.0 Å². The zero-order valence-corrected chi connectivity index (χ0v) is 19.3. The molecule has 0 amide bonds. The van der Waals surface area contributed by atoms with Crippen molar-refractivity contribution in [1.82, 2.24) is 0 Å². The van der Waals surface area contributed by atoms with Crippen LogP contribution in [-0.2, 0) is 9.59 Å². The smallest absolute Gasteiger partial charge is 0.311 e. The molecule has 0 aromatic heterocycles. The lowest BCUT2D eigenvalue weighted by atomic mass is 10.0. The van der Waals surface area contributed by atoms with Gasteiger partial charge in [-0.2, -0.15) is 0 Å². The van der Waals surface area contributed by atoms with Gasteiger partial charge in [0.15, 0.2) is 0 Å². The highest BCUT2D eigenvalue weighted by atomic mass is 32.2. The number of ether oxygens (including phenoxy) is 2. The van der Waals surface area contributed by atoms with Crippen LogP contribution in [-0.4, -0.2) is 11.9 Å². The van der Waals surface area contributed by atoms with Crippen molar-refractivity contribution < 1.29 is 19.1 Å². The van der Waals surface area contributed by atoms with Gasteiger partial charge in [0.1, 0.15) is 11.5 Å². The SMILES string of the molecule is CCCC(=O)Oc1ccc(C2CCCCCC(c3ccc(OC(=O)CC)cc3)S2)cc1. The second kappa shape index (κ2) is 11.9. The Balaban J connectivity index is 1.68. The van der Waals surface area contributed by atoms with Crippen molar-refractivity contribution in [3.63, 3.8) is 0 Å². The summed E-state index contributed by atoms with van der Waals surface area (Å²) < 4.78 is 10.7. The van der Waals surface area contributed by atoms with Gasteiger partial charge >= 0.3 is 11.9 Å². The van der Waals surface area contributed by atoms with Crippen LogP contribution >= 0.6 is 11.8 Å². The summed E-state index contributed by atoms with van der Waals surface area (Å²) in [6.45, 7) is 3.77. The fraction of sp³-hybridized carbons (Fsp3) is 0.462. The predicted molar refractivity (Wildman–Crippen MR) is 126 cm³/mol. The standard InChI is InChI=1S/C26H32O4S/c1-3-8-26(28)30-22-17-13-20(14-18-22)24-10-7-5-6-9-23(31-24)19-11-15-21(16-12-19)29-25(27)4-2/h11-18,23-24H,3-10H2,1-2H3. The molecule has 5 heteroatoms. The molecule has 0 spiro atoms. The summed E-state index contributed by atoms with van der Waals surface area (Å²) in [6, 6.07) is 16.0. The largest absolute Gasteiger partial charge is 0.427 e. The molecule has 0 bridgehead atoms. The molecule has 3 rings (SSSR count). The van der Waals surface area contributed by atoms with E-state index in [0.717, 1.165) is 19.3 Å². The van der Waals surface area contributed by atoms with Crippen LogP contribution in [0.5, 0.6) is 11.5 Å². The molecular weight excluding hydrogens is 408 g/mol. The Morgan fingerprint density at radius 2 is 1.26 bits per heavy atom. The van der Waals surface area contributed by atoms with E-state index in [0.29, 0.717) is 34.8 Å². The first-order valence-electron chi connectivity index (χ1n) is 11.4. The van der Waals surface area contributed by atoms with Crippen LogP contribution in [0.2, 0.25) is 0 Å². The van der Waals surface area contributed by atoms with Crippen molar-refractivity contribution in [2.24, 2.45) is 0 Å². The van der Waals surface area contributed by atoms with Crippen LogP contribution in [0.25, 0.3) is 0 Å². The van der Waals surface area contributed by atoms with E-state index < -0.39 is 0 Å². The van der Waals surface area contributed by atoms with Crippen molar-refractivity contribution >= 4 is 23.7 Å². The third-order valence-corrected chi connectivity index (χ3v) is 7.14. The molecule has 0 N–H and O–H groups in total. The van der Waals surface area contributed by atoms with Gasteiger partial charge in [0.25, 0.3) is 0 Å². The molecule has 1 fully saturated rings. The van der Waals surface area contributed by atoms with Gasteiger partial charge in [0, 0.05) is 23.3 Å². The molecule has 0 saturated carbocycles. The summed E-state index contributed by atoms with van der Waals surface area (Å²) in [6.07, 6.45) is 7.58. The summed E-state index contributed by atoms with van der Waals surface area (Å²) in [5.41, 5.74) is 2.55. The maximum atomic E-state index is 11.7. The van der Waals surface area contributed by atoms with Gasteiger partial charge in [0.05, 0.1) is 0 Å². The van der Waals surface area contributed by atoms with E-state index in [1.165, 1.54) is 30.4 Å². The molecule has 2 aromatic rings. The number of thioether (sulfide) groups is 1. The molecular formula is C26H32O4S. The number of esters is 2. The minimum absolute atomic E-state index is 0.177. The van der Waals surface area contributed by atoms with Gasteiger partial charge in [-0.25, -0.2) is 0 Å². The Labute approximate surface area is 189 Å². The highest BCUT2D eigenvalue weighted by molar-refractivity contribution is 7.99. The number of benzene rings is 2. The van der Waals surface area contributed by atoms with E-state index in [1.54, 1.807) is 6.92 Å². The summed E-state index contributed by atoms with van der Waals surface area (Å²) in [7, 11) is 0. The fourth-order valence-electron chi connectivity index (χ4n) is 3.75. The molecule has 4 nitrogen and oxygen atoms in total. The van der Waals surface area contributed by atoms with Gasteiger partial charge in [0.2, 0.25) is 0 Å². The Kier molecular flexibility index (Phi) is 9.01. The topological polar surface area (TPSA) is 52.6 Å². The van der Waals surface area contributed by atoms with Crippen LogP contribution in [0, 0.1) is 0 Å². The zero-order valence-electron chi connectivity index (χ0n) is 18.5. The molecule has 2 atom stereocenters. The average Bonchev–Trinajstić information content (AvgIpc) is 2.75. The van der Waals surface area contributed by atoms with Crippen molar-refractivity contribution in [3.05, 3.63) is 59.7 Å². The van der Waals surface area contributed by atoms with E-state index in [9.17, 15) is 9.59 Å². The number of hydrogen-bond donors (Lipinski definition) is 0. The Morgan fingerprint density at radius 1 is 0.774 bits per heavy atom. The van der Waals surface area contributed by atoms with Crippen LogP contribution in [0.4, 0.5) is 0 Å². The van der Waals surface area contributed by atoms with Gasteiger partial charge in [-0.1, -0.05) is 57.4 Å². The van der Waals surface area contributed by atoms with Crippen molar-refractivity contribution in [1.29, 1.82) is 0 Å². The third-order valence-electron chi connectivity index (χ3n) is 5.47. The summed E-state index contributed by atoms with van der Waals surface area (Å²) in [4.78, 5) is 23.2. The average molecular weight is 441 g/mol. The molecule has 1 heterocycles. The lowest BCUT2D eigenvalue weighted by Crippen LogP contribution is -2.07. The minimum Gasteiger partial charge on any atom is -0.427 e. The summed E-state index contributed by atoms with van der Waals surface area (Å²) in [5, 5.41) is 0.812. The molecule has 1 saturated heterocycles. The first-order chi connectivity index (χ1) is 15.1. The molecule has 0 aliphatic carbocycles. The Morgan fingerprint density at radius 3 is 1.71 bits per heavy atom. The lowest BCUT2D eigenvalue weighted by molar-refractivity contribution is -0.135. The summed E-state index contributed by atoms with van der Waals surface area (Å²) in [5.74, 6) is 0.837. The molecule has 166 valence electrons. The number of carbonyl (C=O) groups excluding carboxylic acids is 2. The number of rotatable bonds is 7. The zero-order chi connectivity index (χ0) is 22.1. The Bertz CT molecular complexity index is 845. The fourth-order valence-corrected chi connectivity index (χ4v) is 5.38.